The summed E-state index contributed by atoms with van der Waals surface area (Å²) in [5, 5.41) is 8.59. The molecule has 2 aromatic carbocycles. The highest BCUT2D eigenvalue weighted by Crippen LogP contribution is 2.32. The number of nitrogens with zero attached hydrogens (tertiary/aromatic N) is 1. The number of aryl methyl sites for hydroxylation is 2. The highest BCUT2D eigenvalue weighted by atomic mass is 16.5. The van der Waals surface area contributed by atoms with E-state index in [0.717, 1.165) is 29.7 Å². The van der Waals surface area contributed by atoms with Gasteiger partial charge in [-0.1, -0.05) is 43.2 Å². The van der Waals surface area contributed by atoms with Crippen molar-refractivity contribution in [2.75, 3.05) is 24.3 Å². The highest BCUT2D eigenvalue weighted by molar-refractivity contribution is 6.00. The lowest BCUT2D eigenvalue weighted by Gasteiger charge is -2.35. The van der Waals surface area contributed by atoms with Gasteiger partial charge in [-0.15, -0.1) is 0 Å². The van der Waals surface area contributed by atoms with Crippen molar-refractivity contribution in [1.82, 2.24) is 10.2 Å². The van der Waals surface area contributed by atoms with E-state index in [9.17, 15) is 14.4 Å². The second-order valence-electron chi connectivity index (χ2n) is 8.40. The first-order chi connectivity index (χ1) is 16.2. The summed E-state index contributed by atoms with van der Waals surface area (Å²) in [6.07, 6.45) is 1.74. The minimum atomic E-state index is -0.693. The van der Waals surface area contributed by atoms with Crippen LogP contribution in [0.25, 0.3) is 0 Å². The Kier molecular flexibility index (Phi) is 7.94. The molecule has 3 rings (SSSR count). The molecular formula is C26H32N4O4. The summed E-state index contributed by atoms with van der Waals surface area (Å²) >= 11 is 0. The molecule has 0 saturated carbocycles. The third-order valence-corrected chi connectivity index (χ3v) is 5.84. The third-order valence-electron chi connectivity index (χ3n) is 5.84. The van der Waals surface area contributed by atoms with Crippen LogP contribution in [-0.2, 0) is 9.53 Å². The molecule has 0 aliphatic carbocycles. The lowest BCUT2D eigenvalue weighted by molar-refractivity contribution is -0.136. The Bertz CT molecular complexity index is 1130. The van der Waals surface area contributed by atoms with Crippen molar-refractivity contribution in [3.05, 3.63) is 70.4 Å². The maximum Gasteiger partial charge on any atom is 0.337 e. The van der Waals surface area contributed by atoms with Crippen LogP contribution >= 0.6 is 0 Å². The summed E-state index contributed by atoms with van der Waals surface area (Å²) in [4.78, 5) is 39.7. The zero-order valence-electron chi connectivity index (χ0n) is 20.3. The first-order valence-corrected chi connectivity index (χ1v) is 11.4. The van der Waals surface area contributed by atoms with E-state index in [2.05, 4.69) is 16.0 Å². The van der Waals surface area contributed by atoms with Crippen molar-refractivity contribution in [1.29, 1.82) is 0 Å². The summed E-state index contributed by atoms with van der Waals surface area (Å²) in [6, 6.07) is 11.5. The molecule has 0 spiro atoms. The summed E-state index contributed by atoms with van der Waals surface area (Å²) in [5.74, 6) is -0.505. The molecule has 34 heavy (non-hydrogen) atoms. The minimum absolute atomic E-state index is 0.269. The molecule has 8 heteroatoms. The number of carbonyl (C=O) groups is 3. The van der Waals surface area contributed by atoms with E-state index in [4.69, 9.17) is 4.74 Å². The second-order valence-corrected chi connectivity index (χ2v) is 8.40. The maximum atomic E-state index is 12.8. The van der Waals surface area contributed by atoms with Crippen LogP contribution in [0.15, 0.2) is 53.7 Å². The number of ether oxygens (including phenoxy) is 1. The Morgan fingerprint density at radius 2 is 1.85 bits per heavy atom. The first kappa shape index (κ1) is 24.8. The van der Waals surface area contributed by atoms with Gasteiger partial charge in [-0.2, -0.15) is 0 Å². The number of unbranched alkanes of at least 4 members (excludes halogenated alkanes) is 1. The van der Waals surface area contributed by atoms with Crippen molar-refractivity contribution in [3.63, 3.8) is 0 Å². The number of benzene rings is 2. The number of hydrogen-bond donors (Lipinski definition) is 3. The van der Waals surface area contributed by atoms with Gasteiger partial charge in [-0.25, -0.2) is 14.4 Å². The topological polar surface area (TPSA) is 99.8 Å². The third kappa shape index (κ3) is 5.57. The molecule has 0 saturated heterocycles. The minimum Gasteiger partial charge on any atom is -0.466 e. The molecular weight excluding hydrogens is 432 g/mol. The fourth-order valence-electron chi connectivity index (χ4n) is 4.03. The van der Waals surface area contributed by atoms with Gasteiger partial charge in [0.1, 0.15) is 0 Å². The quantitative estimate of drug-likeness (QED) is 0.487. The standard InChI is InChI=1S/C26H32N4O4/c1-6-7-13-30-18(4)22(24(31)34-5)23(29-26(30)33)19-9-8-10-20(15-19)27-25(32)28-21-12-11-16(2)14-17(21)3/h8-12,14-15,23H,6-7,13H2,1-5H3,(H,29,33)(H2,27,28,32). The summed E-state index contributed by atoms with van der Waals surface area (Å²) in [5.41, 5.74) is 4.93. The van der Waals surface area contributed by atoms with Crippen LogP contribution in [0.2, 0.25) is 0 Å². The van der Waals surface area contributed by atoms with Gasteiger partial charge in [-0.3, -0.25) is 4.90 Å². The molecule has 1 atom stereocenters. The Morgan fingerprint density at radius 3 is 2.53 bits per heavy atom. The summed E-state index contributed by atoms with van der Waals surface area (Å²) in [7, 11) is 1.32. The second kappa shape index (κ2) is 10.9. The van der Waals surface area contributed by atoms with Gasteiger partial charge in [0, 0.05) is 23.6 Å². The molecule has 1 aliphatic rings. The molecule has 3 N–H and O–H groups in total. The number of hydrogen-bond acceptors (Lipinski definition) is 4. The van der Waals surface area contributed by atoms with Crippen molar-refractivity contribution < 1.29 is 19.1 Å². The number of urea groups is 2. The van der Waals surface area contributed by atoms with Crippen LogP contribution in [0.4, 0.5) is 21.0 Å². The van der Waals surface area contributed by atoms with Gasteiger partial charge >= 0.3 is 18.0 Å². The Morgan fingerprint density at radius 1 is 1.09 bits per heavy atom. The van der Waals surface area contributed by atoms with E-state index < -0.39 is 12.0 Å². The van der Waals surface area contributed by atoms with Crippen LogP contribution < -0.4 is 16.0 Å². The zero-order chi connectivity index (χ0) is 24.8. The van der Waals surface area contributed by atoms with Crippen molar-refractivity contribution in [3.8, 4) is 0 Å². The summed E-state index contributed by atoms with van der Waals surface area (Å²) < 4.78 is 5.03. The highest BCUT2D eigenvalue weighted by Gasteiger charge is 2.36. The van der Waals surface area contributed by atoms with E-state index in [1.54, 1.807) is 36.1 Å². The van der Waals surface area contributed by atoms with Crippen LogP contribution in [-0.4, -0.2) is 36.6 Å². The lowest BCUT2D eigenvalue weighted by atomic mass is 9.94. The van der Waals surface area contributed by atoms with Crippen molar-refractivity contribution in [2.24, 2.45) is 0 Å². The molecule has 180 valence electrons. The Hall–Kier alpha value is -3.81. The van der Waals surface area contributed by atoms with E-state index in [1.807, 2.05) is 39.0 Å². The van der Waals surface area contributed by atoms with Crippen LogP contribution in [0, 0.1) is 13.8 Å². The number of carbonyl (C=O) groups excluding carboxylic acids is 3. The lowest BCUT2D eigenvalue weighted by Crippen LogP contribution is -2.48. The smallest absolute Gasteiger partial charge is 0.337 e. The predicted molar refractivity (Wildman–Crippen MR) is 133 cm³/mol. The van der Waals surface area contributed by atoms with Gasteiger partial charge in [0.25, 0.3) is 0 Å². The van der Waals surface area contributed by atoms with E-state index >= 15 is 0 Å². The largest absolute Gasteiger partial charge is 0.466 e. The molecule has 1 unspecified atom stereocenters. The maximum absolute atomic E-state index is 12.8. The number of amides is 4. The van der Waals surface area contributed by atoms with Crippen LogP contribution in [0.5, 0.6) is 0 Å². The van der Waals surface area contributed by atoms with Gasteiger partial charge in [0.15, 0.2) is 0 Å². The van der Waals surface area contributed by atoms with Crippen LogP contribution in [0.3, 0.4) is 0 Å². The van der Waals surface area contributed by atoms with Gasteiger partial charge < -0.3 is 20.7 Å². The van der Waals surface area contributed by atoms with Gasteiger partial charge in [0.2, 0.25) is 0 Å². The van der Waals surface area contributed by atoms with E-state index in [-0.39, 0.29) is 12.1 Å². The van der Waals surface area contributed by atoms with Gasteiger partial charge in [-0.05, 0) is 56.5 Å². The molecule has 8 nitrogen and oxygen atoms in total. The number of methoxy groups -OCH3 is 1. The molecule has 2 aromatic rings. The first-order valence-electron chi connectivity index (χ1n) is 11.4. The SMILES string of the molecule is CCCCN1C(=O)NC(c2cccc(NC(=O)Nc3ccc(C)cc3C)c2)C(C(=O)OC)=C1C. The normalized spacial score (nSPS) is 15.6. The fourth-order valence-corrected chi connectivity index (χ4v) is 4.03. The average Bonchev–Trinajstić information content (AvgIpc) is 2.80. The monoisotopic (exact) mass is 464 g/mol. The van der Waals surface area contributed by atoms with Crippen molar-refractivity contribution in [2.45, 2.75) is 46.6 Å². The van der Waals surface area contributed by atoms with Gasteiger partial charge in [0.05, 0.1) is 18.7 Å². The average molecular weight is 465 g/mol. The van der Waals surface area contributed by atoms with Crippen LogP contribution in [0.1, 0.15) is 49.4 Å². The number of allylic oxidation sites excluding steroid dienone is 1. The molecule has 0 bridgehead atoms. The number of anilines is 2. The Balaban J connectivity index is 1.85. The molecule has 4 amide bonds. The molecule has 0 radical (unpaired) electrons. The number of esters is 1. The Labute approximate surface area is 200 Å². The molecule has 0 fully saturated rings. The molecule has 0 aromatic heterocycles. The summed E-state index contributed by atoms with van der Waals surface area (Å²) in [6.45, 7) is 8.24. The number of rotatable bonds is 7. The molecule has 1 heterocycles. The molecule has 1 aliphatic heterocycles. The predicted octanol–water partition coefficient (Wildman–Crippen LogP) is 5.26. The van der Waals surface area contributed by atoms with E-state index in [0.29, 0.717) is 29.1 Å². The number of nitrogens with one attached hydrogen (secondary N) is 3. The van der Waals surface area contributed by atoms with Crippen molar-refractivity contribution >= 4 is 29.4 Å². The zero-order valence-corrected chi connectivity index (χ0v) is 20.3. The van der Waals surface area contributed by atoms with E-state index in [1.165, 1.54) is 7.11 Å². The fraction of sp³-hybridized carbons (Fsp3) is 0.346.